The largest absolute Gasteiger partial charge is 0.372 e. The molecule has 0 spiro atoms. The summed E-state index contributed by atoms with van der Waals surface area (Å²) in [5.41, 5.74) is 5.21. The highest BCUT2D eigenvalue weighted by Crippen LogP contribution is 2.28. The SMILES string of the molecule is CCN(CC)c1ccc(CNC(=O)c2[nH]nc3ncc(-c4ccc(SC(C)C)cc4)cc23)cc1. The van der Waals surface area contributed by atoms with Crippen LogP contribution in [-0.2, 0) is 6.54 Å². The van der Waals surface area contributed by atoms with Crippen molar-refractivity contribution in [1.29, 1.82) is 0 Å². The predicted octanol–water partition coefficient (Wildman–Crippen LogP) is 5.90. The lowest BCUT2D eigenvalue weighted by Gasteiger charge is -2.21. The summed E-state index contributed by atoms with van der Waals surface area (Å²) in [6.07, 6.45) is 1.80. The maximum absolute atomic E-state index is 12.9. The molecule has 0 aliphatic heterocycles. The average Bonchev–Trinajstić information content (AvgIpc) is 3.27. The number of rotatable bonds is 9. The molecular formula is C27H31N5OS. The molecule has 0 unspecified atom stereocenters. The molecule has 0 aliphatic carbocycles. The molecule has 34 heavy (non-hydrogen) atoms. The van der Waals surface area contributed by atoms with Gasteiger partial charge in [0.05, 0.1) is 5.39 Å². The molecule has 0 atom stereocenters. The number of hydrogen-bond acceptors (Lipinski definition) is 5. The van der Waals surface area contributed by atoms with Crippen molar-refractivity contribution in [2.45, 2.75) is 44.4 Å². The van der Waals surface area contributed by atoms with Gasteiger partial charge in [-0.05, 0) is 55.3 Å². The molecule has 6 nitrogen and oxygen atoms in total. The lowest BCUT2D eigenvalue weighted by atomic mass is 10.1. The Morgan fingerprint density at radius 2 is 1.74 bits per heavy atom. The lowest BCUT2D eigenvalue weighted by Crippen LogP contribution is -2.24. The first-order chi connectivity index (χ1) is 16.5. The number of hydrogen-bond donors (Lipinski definition) is 2. The van der Waals surface area contributed by atoms with E-state index in [1.165, 1.54) is 10.6 Å². The Hall–Kier alpha value is -3.32. The summed E-state index contributed by atoms with van der Waals surface area (Å²) < 4.78 is 0. The average molecular weight is 474 g/mol. The Morgan fingerprint density at radius 1 is 1.03 bits per heavy atom. The van der Waals surface area contributed by atoms with Crippen molar-refractivity contribution in [2.24, 2.45) is 0 Å². The van der Waals surface area contributed by atoms with Crippen molar-refractivity contribution >= 4 is 34.4 Å². The van der Waals surface area contributed by atoms with Crippen LogP contribution in [0, 0.1) is 0 Å². The van der Waals surface area contributed by atoms with Crippen LogP contribution in [-0.4, -0.2) is 39.4 Å². The molecule has 4 aromatic rings. The van der Waals surface area contributed by atoms with Gasteiger partial charge in [0, 0.05) is 47.2 Å². The molecule has 4 rings (SSSR count). The summed E-state index contributed by atoms with van der Waals surface area (Å²) in [5.74, 6) is -0.196. The Bertz CT molecular complexity index is 1240. The number of nitrogens with zero attached hydrogens (tertiary/aromatic N) is 3. The number of anilines is 1. The smallest absolute Gasteiger partial charge is 0.270 e. The Balaban J connectivity index is 1.48. The molecule has 0 aliphatic rings. The topological polar surface area (TPSA) is 73.9 Å². The molecule has 176 valence electrons. The number of pyridine rings is 1. The second-order valence-corrected chi connectivity index (χ2v) is 10.1. The fraction of sp³-hybridized carbons (Fsp3) is 0.296. The van der Waals surface area contributed by atoms with Crippen LogP contribution in [0.1, 0.15) is 43.7 Å². The molecule has 0 fully saturated rings. The third-order valence-corrected chi connectivity index (χ3v) is 6.73. The Kier molecular flexibility index (Phi) is 7.53. The highest BCUT2D eigenvalue weighted by atomic mass is 32.2. The van der Waals surface area contributed by atoms with Gasteiger partial charge in [0.1, 0.15) is 5.69 Å². The second-order valence-electron chi connectivity index (χ2n) is 8.41. The van der Waals surface area contributed by atoms with Gasteiger partial charge in [0.25, 0.3) is 5.91 Å². The van der Waals surface area contributed by atoms with E-state index in [-0.39, 0.29) is 5.91 Å². The summed E-state index contributed by atoms with van der Waals surface area (Å²) in [6.45, 7) is 11.0. The number of aromatic nitrogens is 3. The summed E-state index contributed by atoms with van der Waals surface area (Å²) >= 11 is 1.83. The third kappa shape index (κ3) is 5.42. The molecule has 2 aromatic heterocycles. The zero-order valence-electron chi connectivity index (χ0n) is 20.1. The number of nitrogens with one attached hydrogen (secondary N) is 2. The van der Waals surface area contributed by atoms with E-state index < -0.39 is 0 Å². The number of thioether (sulfide) groups is 1. The van der Waals surface area contributed by atoms with Gasteiger partial charge >= 0.3 is 0 Å². The van der Waals surface area contributed by atoms with Crippen LogP contribution in [0.3, 0.4) is 0 Å². The molecule has 0 saturated carbocycles. The van der Waals surface area contributed by atoms with Crippen molar-refractivity contribution in [2.75, 3.05) is 18.0 Å². The van der Waals surface area contributed by atoms with Crippen LogP contribution >= 0.6 is 11.8 Å². The summed E-state index contributed by atoms with van der Waals surface area (Å²) in [6, 6.07) is 18.7. The highest BCUT2D eigenvalue weighted by Gasteiger charge is 2.15. The van der Waals surface area contributed by atoms with Gasteiger partial charge in [0.15, 0.2) is 5.65 Å². The maximum Gasteiger partial charge on any atom is 0.270 e. The minimum absolute atomic E-state index is 0.196. The van der Waals surface area contributed by atoms with Gasteiger partial charge in [-0.25, -0.2) is 4.98 Å². The predicted molar refractivity (Wildman–Crippen MR) is 141 cm³/mol. The number of H-pyrrole nitrogens is 1. The molecule has 1 amide bonds. The fourth-order valence-electron chi connectivity index (χ4n) is 3.91. The number of fused-ring (bicyclic) bond motifs is 1. The molecule has 0 bridgehead atoms. The van der Waals surface area contributed by atoms with E-state index >= 15 is 0 Å². The van der Waals surface area contributed by atoms with E-state index in [0.717, 1.165) is 29.8 Å². The minimum atomic E-state index is -0.196. The summed E-state index contributed by atoms with van der Waals surface area (Å²) in [4.78, 5) is 20.9. The van der Waals surface area contributed by atoms with E-state index in [4.69, 9.17) is 0 Å². The van der Waals surface area contributed by atoms with Gasteiger partial charge in [-0.2, -0.15) is 5.10 Å². The van der Waals surface area contributed by atoms with Gasteiger partial charge in [-0.3, -0.25) is 9.89 Å². The quantitative estimate of drug-likeness (QED) is 0.296. The fourth-order valence-corrected chi connectivity index (χ4v) is 4.75. The first-order valence-electron chi connectivity index (χ1n) is 11.7. The van der Waals surface area contributed by atoms with Crippen LogP contribution in [0.2, 0.25) is 0 Å². The molecule has 2 aromatic carbocycles. The van der Waals surface area contributed by atoms with Crippen LogP contribution in [0.25, 0.3) is 22.2 Å². The standard InChI is InChI=1S/C27H31N5OS/c1-5-32(6-2)22-11-7-19(8-12-22)16-29-27(33)25-24-15-21(17-28-26(24)31-30-25)20-9-13-23(14-10-20)34-18(3)4/h7-15,17-18H,5-6,16H2,1-4H3,(H,29,33)(H,28,30,31). The van der Waals surface area contributed by atoms with Crippen LogP contribution in [0.4, 0.5) is 5.69 Å². The van der Waals surface area contributed by atoms with Crippen molar-refractivity contribution in [3.63, 3.8) is 0 Å². The molecule has 0 saturated heterocycles. The van der Waals surface area contributed by atoms with E-state index in [0.29, 0.717) is 28.5 Å². The van der Waals surface area contributed by atoms with E-state index in [1.54, 1.807) is 6.20 Å². The lowest BCUT2D eigenvalue weighted by molar-refractivity contribution is 0.0947. The highest BCUT2D eigenvalue weighted by molar-refractivity contribution is 7.99. The van der Waals surface area contributed by atoms with Gasteiger partial charge < -0.3 is 10.2 Å². The van der Waals surface area contributed by atoms with E-state index in [1.807, 2.05) is 17.8 Å². The summed E-state index contributed by atoms with van der Waals surface area (Å²) in [5, 5.41) is 11.3. The minimum Gasteiger partial charge on any atom is -0.372 e. The maximum atomic E-state index is 12.9. The summed E-state index contributed by atoms with van der Waals surface area (Å²) in [7, 11) is 0. The number of aromatic amines is 1. The van der Waals surface area contributed by atoms with E-state index in [2.05, 4.69) is 102 Å². The molecule has 2 N–H and O–H groups in total. The van der Waals surface area contributed by atoms with Gasteiger partial charge in [-0.1, -0.05) is 38.1 Å². The molecule has 7 heteroatoms. The number of carbonyl (C=O) groups is 1. The Morgan fingerprint density at radius 3 is 2.38 bits per heavy atom. The van der Waals surface area contributed by atoms with Gasteiger partial charge in [0.2, 0.25) is 0 Å². The van der Waals surface area contributed by atoms with Gasteiger partial charge in [-0.15, -0.1) is 11.8 Å². The molecule has 0 radical (unpaired) electrons. The van der Waals surface area contributed by atoms with Crippen molar-refractivity contribution in [3.8, 4) is 11.1 Å². The van der Waals surface area contributed by atoms with Crippen molar-refractivity contribution in [1.82, 2.24) is 20.5 Å². The Labute approximate surface area is 205 Å². The van der Waals surface area contributed by atoms with Crippen LogP contribution < -0.4 is 10.2 Å². The van der Waals surface area contributed by atoms with Crippen molar-refractivity contribution < 1.29 is 4.79 Å². The number of carbonyl (C=O) groups excluding carboxylic acids is 1. The second kappa shape index (κ2) is 10.7. The van der Waals surface area contributed by atoms with Crippen LogP contribution in [0.5, 0.6) is 0 Å². The molecule has 2 heterocycles. The number of benzene rings is 2. The monoisotopic (exact) mass is 473 g/mol. The zero-order chi connectivity index (χ0) is 24.1. The number of amides is 1. The normalized spacial score (nSPS) is 11.2. The molecular weight excluding hydrogens is 442 g/mol. The van der Waals surface area contributed by atoms with E-state index in [9.17, 15) is 4.79 Å². The van der Waals surface area contributed by atoms with Crippen molar-refractivity contribution in [3.05, 3.63) is 72.1 Å². The van der Waals surface area contributed by atoms with Crippen LogP contribution in [0.15, 0.2) is 65.7 Å². The third-order valence-electron chi connectivity index (χ3n) is 5.71. The first-order valence-corrected chi connectivity index (χ1v) is 12.6. The first kappa shape index (κ1) is 23.8. The zero-order valence-corrected chi connectivity index (χ0v) is 20.9.